The van der Waals surface area contributed by atoms with Crippen LogP contribution in [0, 0.1) is 12.8 Å². The Morgan fingerprint density at radius 1 is 1.29 bits per heavy atom. The monoisotopic (exact) mass is 448 g/mol. The van der Waals surface area contributed by atoms with Gasteiger partial charge in [0.15, 0.2) is 6.61 Å². The van der Waals surface area contributed by atoms with Crippen LogP contribution in [-0.2, 0) is 19.1 Å². The van der Waals surface area contributed by atoms with E-state index in [0.717, 1.165) is 11.3 Å². The van der Waals surface area contributed by atoms with Gasteiger partial charge in [-0.2, -0.15) is 0 Å². The highest BCUT2D eigenvalue weighted by atomic mass is 32.1. The molecule has 0 aromatic carbocycles. The Labute approximate surface area is 183 Å². The minimum atomic E-state index is -0.519. The van der Waals surface area contributed by atoms with Gasteiger partial charge in [-0.3, -0.25) is 14.4 Å². The summed E-state index contributed by atoms with van der Waals surface area (Å²) in [6, 6.07) is 3.24. The minimum Gasteiger partial charge on any atom is -0.472 e. The smallest absolute Gasteiger partial charge is 0.348 e. The molecule has 1 aliphatic heterocycles. The number of ether oxygens (including phenoxy) is 2. The van der Waals surface area contributed by atoms with Gasteiger partial charge in [-0.25, -0.2) is 4.79 Å². The number of rotatable bonds is 7. The summed E-state index contributed by atoms with van der Waals surface area (Å²) < 4.78 is 15.1. The molecular formula is C21H24N2O7S. The molecule has 2 aromatic rings. The van der Waals surface area contributed by atoms with Crippen molar-refractivity contribution in [3.05, 3.63) is 40.7 Å². The molecule has 0 bridgehead atoms. The van der Waals surface area contributed by atoms with E-state index in [1.54, 1.807) is 30.9 Å². The van der Waals surface area contributed by atoms with Crippen molar-refractivity contribution in [2.24, 2.45) is 5.92 Å². The lowest BCUT2D eigenvalue weighted by Crippen LogP contribution is -2.43. The van der Waals surface area contributed by atoms with E-state index in [2.05, 4.69) is 5.32 Å². The van der Waals surface area contributed by atoms with Gasteiger partial charge in [0, 0.05) is 13.1 Å². The van der Waals surface area contributed by atoms with E-state index >= 15 is 0 Å². The molecule has 2 aromatic heterocycles. The molecule has 31 heavy (non-hydrogen) atoms. The SMILES string of the molecule is CCOC(=O)c1sc(NC(=O)COC(=O)C2CCCN(C(=O)c3ccoc3)C2)cc1C. The van der Waals surface area contributed by atoms with E-state index < -0.39 is 30.4 Å². The Morgan fingerprint density at radius 2 is 2.10 bits per heavy atom. The van der Waals surface area contributed by atoms with Crippen molar-refractivity contribution < 1.29 is 33.1 Å². The van der Waals surface area contributed by atoms with Crippen LogP contribution >= 0.6 is 11.3 Å². The summed E-state index contributed by atoms with van der Waals surface area (Å²) in [5, 5.41) is 3.09. The summed E-state index contributed by atoms with van der Waals surface area (Å²) >= 11 is 1.10. The standard InChI is InChI=1S/C21H24N2O7S/c1-3-29-21(27)18-13(2)9-17(31-18)22-16(24)12-30-20(26)14-5-4-7-23(10-14)19(25)15-6-8-28-11-15/h6,8-9,11,14H,3-5,7,10,12H2,1-2H3,(H,22,24). The fraction of sp³-hybridized carbons (Fsp3) is 0.429. The molecule has 1 atom stereocenters. The summed E-state index contributed by atoms with van der Waals surface area (Å²) in [6.45, 7) is 4.07. The van der Waals surface area contributed by atoms with Crippen molar-refractivity contribution in [1.82, 2.24) is 4.90 Å². The summed E-state index contributed by atoms with van der Waals surface area (Å²) in [5.74, 6) is -2.16. The summed E-state index contributed by atoms with van der Waals surface area (Å²) in [6.07, 6.45) is 4.05. The molecule has 9 nitrogen and oxygen atoms in total. The molecule has 3 rings (SSSR count). The van der Waals surface area contributed by atoms with Gasteiger partial charge >= 0.3 is 11.9 Å². The number of nitrogens with zero attached hydrogens (tertiary/aromatic N) is 1. The zero-order valence-corrected chi connectivity index (χ0v) is 18.2. The summed E-state index contributed by atoms with van der Waals surface area (Å²) in [4.78, 5) is 50.9. The second-order valence-electron chi connectivity index (χ2n) is 7.10. The molecule has 2 amide bonds. The minimum absolute atomic E-state index is 0.200. The maximum absolute atomic E-state index is 12.4. The van der Waals surface area contributed by atoms with Crippen molar-refractivity contribution in [1.29, 1.82) is 0 Å². The number of nitrogens with one attached hydrogen (secondary N) is 1. The number of esters is 2. The molecule has 1 N–H and O–H groups in total. The predicted octanol–water partition coefficient (Wildman–Crippen LogP) is 2.86. The third kappa shape index (κ3) is 5.72. The van der Waals surface area contributed by atoms with Gasteiger partial charge < -0.3 is 24.1 Å². The van der Waals surface area contributed by atoms with E-state index in [4.69, 9.17) is 13.9 Å². The second-order valence-corrected chi connectivity index (χ2v) is 8.15. The Bertz CT molecular complexity index is 951. The Hall–Kier alpha value is -3.14. The lowest BCUT2D eigenvalue weighted by molar-refractivity contribution is -0.152. The molecule has 166 valence electrons. The normalized spacial score (nSPS) is 15.9. The first-order chi connectivity index (χ1) is 14.9. The lowest BCUT2D eigenvalue weighted by atomic mass is 9.98. The number of carbonyl (C=O) groups excluding carboxylic acids is 4. The van der Waals surface area contributed by atoms with Crippen LogP contribution in [0.2, 0.25) is 0 Å². The molecule has 10 heteroatoms. The van der Waals surface area contributed by atoms with Crippen molar-refractivity contribution in [3.8, 4) is 0 Å². The number of hydrogen-bond donors (Lipinski definition) is 1. The third-order valence-electron chi connectivity index (χ3n) is 4.80. The number of carbonyl (C=O) groups is 4. The van der Waals surface area contributed by atoms with Crippen molar-refractivity contribution in [2.75, 3.05) is 31.6 Å². The average molecular weight is 448 g/mol. The molecule has 0 aliphatic carbocycles. The van der Waals surface area contributed by atoms with Crippen LogP contribution in [0.1, 0.15) is 45.4 Å². The van der Waals surface area contributed by atoms with Crippen LogP contribution < -0.4 is 5.32 Å². The molecule has 0 spiro atoms. The third-order valence-corrected chi connectivity index (χ3v) is 5.93. The van der Waals surface area contributed by atoms with Gasteiger partial charge in [0.25, 0.3) is 11.8 Å². The molecule has 1 saturated heterocycles. The van der Waals surface area contributed by atoms with Gasteiger partial charge in [-0.05, 0) is 44.4 Å². The van der Waals surface area contributed by atoms with Crippen LogP contribution in [0.15, 0.2) is 29.1 Å². The van der Waals surface area contributed by atoms with Crippen molar-refractivity contribution >= 4 is 40.1 Å². The lowest BCUT2D eigenvalue weighted by Gasteiger charge is -2.31. The van der Waals surface area contributed by atoms with Crippen LogP contribution in [-0.4, -0.2) is 55.0 Å². The fourth-order valence-electron chi connectivity index (χ4n) is 3.29. The average Bonchev–Trinajstić information content (AvgIpc) is 3.41. The van der Waals surface area contributed by atoms with Gasteiger partial charge in [0.2, 0.25) is 0 Å². The number of thiophene rings is 1. The molecule has 0 radical (unpaired) electrons. The predicted molar refractivity (Wildman–Crippen MR) is 112 cm³/mol. The number of likely N-dealkylation sites (tertiary alicyclic amines) is 1. The molecule has 3 heterocycles. The largest absolute Gasteiger partial charge is 0.472 e. The number of furan rings is 1. The van der Waals surface area contributed by atoms with E-state index in [1.807, 2.05) is 0 Å². The Kier molecular flexibility index (Phi) is 7.45. The molecule has 0 saturated carbocycles. The molecule has 1 unspecified atom stereocenters. The van der Waals surface area contributed by atoms with E-state index in [0.29, 0.717) is 40.4 Å². The number of amides is 2. The highest BCUT2D eigenvalue weighted by Crippen LogP contribution is 2.27. The zero-order chi connectivity index (χ0) is 22.4. The summed E-state index contributed by atoms with van der Waals surface area (Å²) in [7, 11) is 0. The summed E-state index contributed by atoms with van der Waals surface area (Å²) in [5.41, 5.74) is 1.13. The second kappa shape index (κ2) is 10.3. The number of anilines is 1. The van der Waals surface area contributed by atoms with Gasteiger partial charge in [-0.15, -0.1) is 11.3 Å². The van der Waals surface area contributed by atoms with E-state index in [1.165, 1.54) is 12.5 Å². The maximum atomic E-state index is 12.4. The highest BCUT2D eigenvalue weighted by molar-refractivity contribution is 7.18. The first kappa shape index (κ1) is 22.5. The van der Waals surface area contributed by atoms with E-state index in [9.17, 15) is 19.2 Å². The van der Waals surface area contributed by atoms with Crippen LogP contribution in [0.5, 0.6) is 0 Å². The van der Waals surface area contributed by atoms with Crippen LogP contribution in [0.3, 0.4) is 0 Å². The Balaban J connectivity index is 1.49. The van der Waals surface area contributed by atoms with Gasteiger partial charge in [0.05, 0.1) is 29.4 Å². The topological polar surface area (TPSA) is 115 Å². The molecule has 1 aliphatic rings. The van der Waals surface area contributed by atoms with Crippen LogP contribution in [0.4, 0.5) is 5.00 Å². The first-order valence-corrected chi connectivity index (χ1v) is 10.8. The molecule has 1 fully saturated rings. The van der Waals surface area contributed by atoms with Crippen LogP contribution in [0.25, 0.3) is 0 Å². The number of piperidine rings is 1. The van der Waals surface area contributed by atoms with Gasteiger partial charge in [-0.1, -0.05) is 0 Å². The highest BCUT2D eigenvalue weighted by Gasteiger charge is 2.30. The molecular weight excluding hydrogens is 424 g/mol. The number of hydrogen-bond acceptors (Lipinski definition) is 8. The van der Waals surface area contributed by atoms with E-state index in [-0.39, 0.29) is 19.1 Å². The number of aryl methyl sites for hydroxylation is 1. The quantitative estimate of drug-likeness (QED) is 0.648. The van der Waals surface area contributed by atoms with Crippen molar-refractivity contribution in [2.45, 2.75) is 26.7 Å². The maximum Gasteiger partial charge on any atom is 0.348 e. The Morgan fingerprint density at radius 3 is 2.81 bits per heavy atom. The van der Waals surface area contributed by atoms with Gasteiger partial charge in [0.1, 0.15) is 11.1 Å². The zero-order valence-electron chi connectivity index (χ0n) is 17.3. The fourth-order valence-corrected chi connectivity index (χ4v) is 4.28. The van der Waals surface area contributed by atoms with Crippen molar-refractivity contribution in [3.63, 3.8) is 0 Å². The first-order valence-electron chi connectivity index (χ1n) is 9.94.